The van der Waals surface area contributed by atoms with Gasteiger partial charge in [0.05, 0.1) is 5.92 Å². The molecule has 116 valence electrons. The molecule has 0 aromatic rings. The van der Waals surface area contributed by atoms with Gasteiger partial charge in [-0.05, 0) is 24.2 Å². The number of nitrogens with two attached hydrogens (primary N) is 1. The highest BCUT2D eigenvalue weighted by atomic mass is 16.5. The minimum absolute atomic E-state index is 0.0442. The molecule has 1 amide bonds. The normalized spacial score (nSPS) is 30.6. The molecule has 20 heavy (non-hydrogen) atoms. The fourth-order valence-electron chi connectivity index (χ4n) is 3.03. The number of carbonyl (C=O) groups excluding carboxylic acids is 1. The Hall–Kier alpha value is -1.14. The fraction of sp³-hybridized carbons (Fsp3) is 0.857. The summed E-state index contributed by atoms with van der Waals surface area (Å²) >= 11 is 0. The Labute approximate surface area is 120 Å². The molecule has 0 saturated heterocycles. The highest BCUT2D eigenvalue weighted by Gasteiger charge is 2.46. The van der Waals surface area contributed by atoms with Crippen LogP contribution in [0.5, 0.6) is 0 Å². The van der Waals surface area contributed by atoms with Crippen molar-refractivity contribution in [2.45, 2.75) is 45.8 Å². The van der Waals surface area contributed by atoms with Crippen LogP contribution in [0, 0.1) is 17.3 Å². The number of aliphatic carboxylic acids is 1. The summed E-state index contributed by atoms with van der Waals surface area (Å²) in [7, 11) is 1.45. The smallest absolute Gasteiger partial charge is 0.307 e. The maximum Gasteiger partial charge on any atom is 0.307 e. The van der Waals surface area contributed by atoms with Crippen molar-refractivity contribution in [2.24, 2.45) is 23.0 Å². The second kappa shape index (κ2) is 6.54. The predicted octanol–water partition coefficient (Wildman–Crippen LogP) is 0.602. The highest BCUT2D eigenvalue weighted by Crippen LogP contribution is 2.45. The summed E-state index contributed by atoms with van der Waals surface area (Å²) in [4.78, 5) is 23.3. The van der Waals surface area contributed by atoms with E-state index in [2.05, 4.69) is 5.32 Å². The first kappa shape index (κ1) is 16.9. The first-order valence-electron chi connectivity index (χ1n) is 7.01. The number of ether oxygens (including phenoxy) is 1. The molecule has 1 aliphatic rings. The largest absolute Gasteiger partial charge is 0.481 e. The van der Waals surface area contributed by atoms with Crippen molar-refractivity contribution in [3.8, 4) is 0 Å². The Morgan fingerprint density at radius 1 is 1.45 bits per heavy atom. The van der Waals surface area contributed by atoms with E-state index in [4.69, 9.17) is 10.5 Å². The number of hydrogen-bond donors (Lipinski definition) is 3. The van der Waals surface area contributed by atoms with Crippen LogP contribution in [0.15, 0.2) is 0 Å². The van der Waals surface area contributed by atoms with E-state index in [1.807, 2.05) is 20.8 Å². The van der Waals surface area contributed by atoms with Crippen molar-refractivity contribution in [3.63, 3.8) is 0 Å². The molecule has 0 aliphatic heterocycles. The lowest BCUT2D eigenvalue weighted by molar-refractivity contribution is -0.150. The lowest BCUT2D eigenvalue weighted by Gasteiger charge is -2.46. The molecular weight excluding hydrogens is 260 g/mol. The van der Waals surface area contributed by atoms with Crippen LogP contribution in [-0.4, -0.2) is 42.8 Å². The molecule has 1 aliphatic carbocycles. The number of carbonyl (C=O) groups is 2. The number of methoxy groups -OCH3 is 1. The fourth-order valence-corrected chi connectivity index (χ4v) is 3.03. The van der Waals surface area contributed by atoms with Crippen molar-refractivity contribution >= 4 is 11.9 Å². The summed E-state index contributed by atoms with van der Waals surface area (Å²) in [6.07, 6.45) is 0.578. The Morgan fingerprint density at radius 2 is 2.05 bits per heavy atom. The average Bonchev–Trinajstić information content (AvgIpc) is 2.36. The van der Waals surface area contributed by atoms with Crippen LogP contribution in [0.2, 0.25) is 0 Å². The summed E-state index contributed by atoms with van der Waals surface area (Å²) in [5, 5.41) is 12.2. The van der Waals surface area contributed by atoms with E-state index in [-0.39, 0.29) is 35.7 Å². The lowest BCUT2D eigenvalue weighted by atomic mass is 9.61. The molecule has 4 unspecified atom stereocenters. The molecule has 1 rings (SSSR count). The van der Waals surface area contributed by atoms with E-state index in [1.165, 1.54) is 7.11 Å². The number of hydrogen-bond acceptors (Lipinski definition) is 4. The van der Waals surface area contributed by atoms with E-state index >= 15 is 0 Å². The van der Waals surface area contributed by atoms with Gasteiger partial charge in [0.2, 0.25) is 0 Å². The van der Waals surface area contributed by atoms with E-state index in [0.29, 0.717) is 12.8 Å². The molecule has 6 nitrogen and oxygen atoms in total. The number of nitrogens with one attached hydrogen (secondary N) is 1. The van der Waals surface area contributed by atoms with Gasteiger partial charge in [-0.25, -0.2) is 0 Å². The van der Waals surface area contributed by atoms with Crippen molar-refractivity contribution in [1.29, 1.82) is 0 Å². The van der Waals surface area contributed by atoms with Gasteiger partial charge in [-0.15, -0.1) is 0 Å². The number of amides is 1. The molecule has 0 aromatic carbocycles. The second-order valence-electron chi connectivity index (χ2n) is 6.15. The van der Waals surface area contributed by atoms with Crippen LogP contribution >= 0.6 is 0 Å². The molecule has 1 fully saturated rings. The van der Waals surface area contributed by atoms with Gasteiger partial charge < -0.3 is 20.9 Å². The van der Waals surface area contributed by atoms with Crippen LogP contribution in [0.1, 0.15) is 33.6 Å². The summed E-state index contributed by atoms with van der Waals surface area (Å²) in [6.45, 7) is 6.02. The molecule has 0 heterocycles. The predicted molar refractivity (Wildman–Crippen MR) is 75.1 cm³/mol. The Bertz CT molecular complexity index is 366. The standard InChI is InChI=1S/C14H26N2O4/c1-8-10(16-12(17)11(7-15)20-4)6-5-9(13(18)19)14(8,2)3/h8-11H,5-7,15H2,1-4H3,(H,16,17)(H,18,19). The maximum absolute atomic E-state index is 12.0. The molecule has 4 N–H and O–H groups in total. The molecule has 0 bridgehead atoms. The summed E-state index contributed by atoms with van der Waals surface area (Å²) in [5.74, 6) is -1.30. The molecule has 0 aromatic heterocycles. The second-order valence-corrected chi connectivity index (χ2v) is 6.15. The zero-order valence-electron chi connectivity index (χ0n) is 12.7. The third kappa shape index (κ3) is 3.30. The number of rotatable bonds is 5. The van der Waals surface area contributed by atoms with Crippen LogP contribution in [0.25, 0.3) is 0 Å². The van der Waals surface area contributed by atoms with E-state index in [9.17, 15) is 14.7 Å². The van der Waals surface area contributed by atoms with Crippen LogP contribution in [0.4, 0.5) is 0 Å². The summed E-state index contributed by atoms with van der Waals surface area (Å²) < 4.78 is 5.02. The molecule has 6 heteroatoms. The number of carboxylic acid groups (broad SMARTS) is 1. The monoisotopic (exact) mass is 286 g/mol. The van der Waals surface area contributed by atoms with E-state index in [1.54, 1.807) is 0 Å². The van der Waals surface area contributed by atoms with Gasteiger partial charge in [0.1, 0.15) is 6.10 Å². The van der Waals surface area contributed by atoms with Gasteiger partial charge in [0, 0.05) is 19.7 Å². The molecule has 0 radical (unpaired) electrons. The molecule has 1 saturated carbocycles. The third-order valence-electron chi connectivity index (χ3n) is 4.86. The van der Waals surface area contributed by atoms with Gasteiger partial charge >= 0.3 is 5.97 Å². The summed E-state index contributed by atoms with van der Waals surface area (Å²) in [5.41, 5.74) is 5.11. The Balaban J connectivity index is 2.76. The van der Waals surface area contributed by atoms with Gasteiger partial charge in [-0.3, -0.25) is 9.59 Å². The van der Waals surface area contributed by atoms with E-state index < -0.39 is 12.1 Å². The van der Waals surface area contributed by atoms with Crippen molar-refractivity contribution < 1.29 is 19.4 Å². The van der Waals surface area contributed by atoms with Gasteiger partial charge in [0.15, 0.2) is 0 Å². The minimum atomic E-state index is -0.761. The topological polar surface area (TPSA) is 102 Å². The van der Waals surface area contributed by atoms with Crippen molar-refractivity contribution in [3.05, 3.63) is 0 Å². The quantitative estimate of drug-likeness (QED) is 0.687. The highest BCUT2D eigenvalue weighted by molar-refractivity contribution is 5.81. The third-order valence-corrected chi connectivity index (χ3v) is 4.86. The molecule has 0 spiro atoms. The SMILES string of the molecule is COC(CN)C(=O)NC1CCC(C(=O)O)C(C)(C)C1C. The van der Waals surface area contributed by atoms with Crippen LogP contribution in [0.3, 0.4) is 0 Å². The first-order chi connectivity index (χ1) is 9.25. The Kier molecular flexibility index (Phi) is 5.53. The van der Waals surface area contributed by atoms with Crippen LogP contribution in [-0.2, 0) is 14.3 Å². The zero-order valence-corrected chi connectivity index (χ0v) is 12.7. The van der Waals surface area contributed by atoms with Gasteiger partial charge in [0.25, 0.3) is 5.91 Å². The number of carboxylic acids is 1. The van der Waals surface area contributed by atoms with Crippen molar-refractivity contribution in [1.82, 2.24) is 5.32 Å². The average molecular weight is 286 g/mol. The summed E-state index contributed by atoms with van der Waals surface area (Å²) in [6, 6.07) is -0.0442. The zero-order chi connectivity index (χ0) is 15.5. The maximum atomic E-state index is 12.0. The molecular formula is C14H26N2O4. The van der Waals surface area contributed by atoms with E-state index in [0.717, 1.165) is 0 Å². The Morgan fingerprint density at radius 3 is 2.50 bits per heavy atom. The lowest BCUT2D eigenvalue weighted by Crippen LogP contribution is -2.54. The van der Waals surface area contributed by atoms with Gasteiger partial charge in [-0.2, -0.15) is 0 Å². The van der Waals surface area contributed by atoms with Gasteiger partial charge in [-0.1, -0.05) is 20.8 Å². The molecule has 4 atom stereocenters. The minimum Gasteiger partial charge on any atom is -0.481 e. The van der Waals surface area contributed by atoms with Crippen LogP contribution < -0.4 is 11.1 Å². The van der Waals surface area contributed by atoms with Crippen molar-refractivity contribution in [2.75, 3.05) is 13.7 Å². The first-order valence-corrected chi connectivity index (χ1v) is 7.01.